The van der Waals surface area contributed by atoms with Gasteiger partial charge in [-0.15, -0.1) is 0 Å². The van der Waals surface area contributed by atoms with Crippen molar-refractivity contribution in [2.75, 3.05) is 6.54 Å². The second-order valence-corrected chi connectivity index (χ2v) is 10.3. The zero-order valence-electron chi connectivity index (χ0n) is 17.5. The highest BCUT2D eigenvalue weighted by Gasteiger charge is 2.27. The SMILES string of the molecule is Cc1ccc(S(=O)(=O)N(CC(=O)N[C@@H](C)c2ccccc2)Cc2ccc(Br)cc2)cc1. The molecule has 0 saturated heterocycles. The van der Waals surface area contributed by atoms with E-state index in [9.17, 15) is 13.2 Å². The van der Waals surface area contributed by atoms with Crippen molar-refractivity contribution in [3.8, 4) is 0 Å². The summed E-state index contributed by atoms with van der Waals surface area (Å²) in [4.78, 5) is 13.0. The molecule has 1 atom stereocenters. The van der Waals surface area contributed by atoms with Gasteiger partial charge in [0.1, 0.15) is 0 Å². The number of hydrogen-bond donors (Lipinski definition) is 1. The summed E-state index contributed by atoms with van der Waals surface area (Å²) in [6, 6.07) is 23.4. The van der Waals surface area contributed by atoms with Crippen LogP contribution in [0.1, 0.15) is 29.7 Å². The molecule has 3 rings (SSSR count). The van der Waals surface area contributed by atoms with E-state index in [-0.39, 0.29) is 29.9 Å². The molecule has 0 bridgehead atoms. The molecule has 7 heteroatoms. The Labute approximate surface area is 192 Å². The van der Waals surface area contributed by atoms with Gasteiger partial charge in [0.25, 0.3) is 0 Å². The van der Waals surface area contributed by atoms with Gasteiger partial charge in [-0.05, 0) is 49.2 Å². The van der Waals surface area contributed by atoms with Crippen LogP contribution >= 0.6 is 15.9 Å². The molecule has 0 aliphatic carbocycles. The molecule has 3 aromatic rings. The van der Waals surface area contributed by atoms with Gasteiger partial charge in [-0.25, -0.2) is 8.42 Å². The molecule has 1 amide bonds. The van der Waals surface area contributed by atoms with Gasteiger partial charge in [0, 0.05) is 11.0 Å². The molecule has 0 saturated carbocycles. The maximum absolute atomic E-state index is 13.3. The second-order valence-electron chi connectivity index (χ2n) is 7.41. The van der Waals surface area contributed by atoms with E-state index >= 15 is 0 Å². The quantitative estimate of drug-likeness (QED) is 0.481. The fourth-order valence-corrected chi connectivity index (χ4v) is 4.80. The lowest BCUT2D eigenvalue weighted by Crippen LogP contribution is -2.41. The normalized spacial score (nSPS) is 12.5. The summed E-state index contributed by atoms with van der Waals surface area (Å²) >= 11 is 3.39. The summed E-state index contributed by atoms with van der Waals surface area (Å²) < 4.78 is 28.8. The predicted octanol–water partition coefficient (Wildman–Crippen LogP) is 4.83. The molecule has 162 valence electrons. The van der Waals surface area contributed by atoms with Gasteiger partial charge in [0.2, 0.25) is 15.9 Å². The van der Waals surface area contributed by atoms with Gasteiger partial charge >= 0.3 is 0 Å². The van der Waals surface area contributed by atoms with Crippen molar-refractivity contribution >= 4 is 31.9 Å². The first-order valence-electron chi connectivity index (χ1n) is 9.91. The van der Waals surface area contributed by atoms with E-state index in [1.165, 1.54) is 4.31 Å². The Morgan fingerprint density at radius 2 is 1.58 bits per heavy atom. The average Bonchev–Trinajstić information content (AvgIpc) is 2.75. The zero-order chi connectivity index (χ0) is 22.4. The van der Waals surface area contributed by atoms with E-state index < -0.39 is 10.0 Å². The molecule has 0 fully saturated rings. The van der Waals surface area contributed by atoms with Gasteiger partial charge in [0.05, 0.1) is 17.5 Å². The van der Waals surface area contributed by atoms with E-state index in [2.05, 4.69) is 21.2 Å². The molecule has 1 N–H and O–H groups in total. The molecule has 0 unspecified atom stereocenters. The summed E-state index contributed by atoms with van der Waals surface area (Å²) in [6.45, 7) is 3.59. The topological polar surface area (TPSA) is 66.5 Å². The molecule has 0 spiro atoms. The van der Waals surface area contributed by atoms with Gasteiger partial charge in [0.15, 0.2) is 0 Å². The molecular formula is C24H25BrN2O3S. The highest BCUT2D eigenvalue weighted by atomic mass is 79.9. The first-order valence-corrected chi connectivity index (χ1v) is 12.1. The van der Waals surface area contributed by atoms with Crippen LogP contribution in [0.15, 0.2) is 88.2 Å². The molecular weight excluding hydrogens is 476 g/mol. The van der Waals surface area contributed by atoms with Crippen LogP contribution in [-0.4, -0.2) is 25.2 Å². The summed E-state index contributed by atoms with van der Waals surface area (Å²) in [6.07, 6.45) is 0. The van der Waals surface area contributed by atoms with Crippen molar-refractivity contribution in [2.24, 2.45) is 0 Å². The van der Waals surface area contributed by atoms with Crippen molar-refractivity contribution in [2.45, 2.75) is 31.3 Å². The number of benzene rings is 3. The number of nitrogens with zero attached hydrogens (tertiary/aromatic N) is 1. The lowest BCUT2D eigenvalue weighted by Gasteiger charge is -2.23. The maximum atomic E-state index is 13.3. The van der Waals surface area contributed by atoms with Crippen LogP contribution in [0.3, 0.4) is 0 Å². The lowest BCUT2D eigenvalue weighted by atomic mass is 10.1. The number of hydrogen-bond acceptors (Lipinski definition) is 3. The van der Waals surface area contributed by atoms with Gasteiger partial charge in [-0.2, -0.15) is 4.31 Å². The minimum Gasteiger partial charge on any atom is -0.348 e. The molecule has 0 aliphatic heterocycles. The van der Waals surface area contributed by atoms with E-state index in [4.69, 9.17) is 0 Å². The second kappa shape index (κ2) is 10.2. The Balaban J connectivity index is 1.83. The number of nitrogens with one attached hydrogen (secondary N) is 1. The van der Waals surface area contributed by atoms with E-state index in [0.29, 0.717) is 0 Å². The first-order chi connectivity index (χ1) is 14.8. The number of halogens is 1. The van der Waals surface area contributed by atoms with Gasteiger partial charge < -0.3 is 5.32 Å². The largest absolute Gasteiger partial charge is 0.348 e. The third kappa shape index (κ3) is 6.26. The van der Waals surface area contributed by atoms with Crippen LogP contribution in [0.25, 0.3) is 0 Å². The smallest absolute Gasteiger partial charge is 0.243 e. The third-order valence-corrected chi connectivity index (χ3v) is 7.26. The number of aryl methyl sites for hydroxylation is 1. The molecule has 0 aliphatic rings. The Bertz CT molecular complexity index is 1120. The predicted molar refractivity (Wildman–Crippen MR) is 126 cm³/mol. The van der Waals surface area contributed by atoms with Crippen LogP contribution < -0.4 is 5.32 Å². The van der Waals surface area contributed by atoms with Crippen molar-refractivity contribution in [1.82, 2.24) is 9.62 Å². The summed E-state index contributed by atoms with van der Waals surface area (Å²) in [5.74, 6) is -0.357. The zero-order valence-corrected chi connectivity index (χ0v) is 19.9. The number of sulfonamides is 1. The summed E-state index contributed by atoms with van der Waals surface area (Å²) in [5.41, 5.74) is 2.72. The van der Waals surface area contributed by atoms with E-state index in [0.717, 1.165) is 21.2 Å². The Kier molecular flexibility index (Phi) is 7.64. The van der Waals surface area contributed by atoms with Gasteiger partial charge in [-0.1, -0.05) is 76.1 Å². The van der Waals surface area contributed by atoms with Crippen molar-refractivity contribution in [3.05, 3.63) is 100 Å². The van der Waals surface area contributed by atoms with E-state index in [1.54, 1.807) is 24.3 Å². The minimum absolute atomic E-state index is 0.0939. The fraction of sp³-hybridized carbons (Fsp3) is 0.208. The van der Waals surface area contributed by atoms with Crippen LogP contribution in [0.5, 0.6) is 0 Å². The van der Waals surface area contributed by atoms with Crippen LogP contribution in [0.4, 0.5) is 0 Å². The van der Waals surface area contributed by atoms with E-state index in [1.807, 2.05) is 68.4 Å². The number of carbonyl (C=O) groups is 1. The lowest BCUT2D eigenvalue weighted by molar-refractivity contribution is -0.122. The number of rotatable bonds is 8. The minimum atomic E-state index is -3.86. The molecule has 31 heavy (non-hydrogen) atoms. The molecule has 5 nitrogen and oxygen atoms in total. The highest BCUT2D eigenvalue weighted by molar-refractivity contribution is 9.10. The Morgan fingerprint density at radius 1 is 0.968 bits per heavy atom. The highest BCUT2D eigenvalue weighted by Crippen LogP contribution is 2.20. The Hall–Kier alpha value is -2.48. The number of carbonyl (C=O) groups excluding carboxylic acids is 1. The van der Waals surface area contributed by atoms with Gasteiger partial charge in [-0.3, -0.25) is 4.79 Å². The van der Waals surface area contributed by atoms with Crippen molar-refractivity contribution in [3.63, 3.8) is 0 Å². The monoisotopic (exact) mass is 500 g/mol. The molecule has 3 aromatic carbocycles. The van der Waals surface area contributed by atoms with Crippen molar-refractivity contribution in [1.29, 1.82) is 0 Å². The number of amides is 1. The Morgan fingerprint density at radius 3 is 2.19 bits per heavy atom. The molecule has 0 aromatic heterocycles. The summed E-state index contributed by atoms with van der Waals surface area (Å²) in [7, 11) is -3.86. The average molecular weight is 501 g/mol. The third-order valence-electron chi connectivity index (χ3n) is 4.93. The maximum Gasteiger partial charge on any atom is 0.243 e. The molecule has 0 heterocycles. The fourth-order valence-electron chi connectivity index (χ4n) is 3.15. The standard InChI is InChI=1S/C24H25BrN2O3S/c1-18-8-14-23(15-9-18)31(29,30)27(16-20-10-12-22(25)13-11-20)17-24(28)26-19(2)21-6-4-3-5-7-21/h3-15,19H,16-17H2,1-2H3,(H,26,28)/t19-/m0/s1. The first kappa shape index (κ1) is 23.2. The van der Waals surface area contributed by atoms with Crippen LogP contribution in [0.2, 0.25) is 0 Å². The summed E-state index contributed by atoms with van der Waals surface area (Å²) in [5, 5.41) is 2.90. The van der Waals surface area contributed by atoms with Crippen molar-refractivity contribution < 1.29 is 13.2 Å². The molecule has 0 radical (unpaired) electrons. The van der Waals surface area contributed by atoms with Crippen LogP contribution in [-0.2, 0) is 21.4 Å². The van der Waals surface area contributed by atoms with Crippen LogP contribution in [0, 0.1) is 6.92 Å².